The molecule has 0 aromatic carbocycles. The lowest BCUT2D eigenvalue weighted by molar-refractivity contribution is 0.194. The molecule has 3 nitrogen and oxygen atoms in total. The maximum atomic E-state index is 10.3. The Morgan fingerprint density at radius 2 is 0.706 bits per heavy atom. The van der Waals surface area contributed by atoms with Crippen molar-refractivity contribution in [1.82, 2.24) is 5.32 Å². The third-order valence-corrected chi connectivity index (χ3v) is 7.23. The fourth-order valence-corrected chi connectivity index (χ4v) is 4.94. The van der Waals surface area contributed by atoms with Crippen LogP contribution in [0.15, 0.2) is 0 Å². The van der Waals surface area contributed by atoms with Crippen LogP contribution in [-0.4, -0.2) is 17.7 Å². The van der Waals surface area contributed by atoms with Gasteiger partial charge in [-0.15, -0.1) is 0 Å². The van der Waals surface area contributed by atoms with E-state index in [2.05, 4.69) is 19.2 Å². The monoisotopic (exact) mass is 481 g/mol. The lowest BCUT2D eigenvalue weighted by atomic mass is 10.0. The summed E-state index contributed by atoms with van der Waals surface area (Å²) in [6, 6.07) is 0. The summed E-state index contributed by atoms with van der Waals surface area (Å²) in [4.78, 5) is 10.3. The molecular weight excluding hydrogens is 418 g/mol. The minimum atomic E-state index is -0.898. The number of hydrogen-bond donors (Lipinski definition) is 2. The Balaban J connectivity index is 3.02. The number of carbonyl (C=O) groups is 1. The second kappa shape index (κ2) is 28.5. The molecule has 0 spiro atoms. The molecule has 0 rings (SSSR count). The van der Waals surface area contributed by atoms with Gasteiger partial charge in [-0.2, -0.15) is 0 Å². The van der Waals surface area contributed by atoms with Crippen LogP contribution in [0.5, 0.6) is 0 Å². The zero-order valence-corrected chi connectivity index (χ0v) is 23.5. The summed E-state index contributed by atoms with van der Waals surface area (Å²) in [5, 5.41) is 10.9. The van der Waals surface area contributed by atoms with Crippen molar-refractivity contribution in [3.8, 4) is 0 Å². The standard InChI is InChI=1S/C31H63NO2/c1-30(2)28-26-24-22-20-18-16-14-12-10-8-6-4-3-5-7-9-11-13-15-17-19-21-23-25-27-29-32-31(33)34/h30,32H,3-29H2,1-2H3,(H,33,34). The number of unbranched alkanes of at least 4 members (excludes halogenated alkanes) is 24. The van der Waals surface area contributed by atoms with Gasteiger partial charge in [0, 0.05) is 6.54 Å². The lowest BCUT2D eigenvalue weighted by Crippen LogP contribution is -2.21. The molecule has 0 aliphatic rings. The summed E-state index contributed by atoms with van der Waals surface area (Å²) in [6.45, 7) is 5.28. The molecule has 0 aliphatic carbocycles. The van der Waals surface area contributed by atoms with Crippen LogP contribution < -0.4 is 5.32 Å². The summed E-state index contributed by atoms with van der Waals surface area (Å²) in [6.07, 6.45) is 35.6. The molecule has 0 atom stereocenters. The molecule has 0 fully saturated rings. The minimum absolute atomic E-state index is 0.606. The Bertz CT molecular complexity index is 397. The molecule has 0 aliphatic heterocycles. The van der Waals surface area contributed by atoms with Gasteiger partial charge in [0.1, 0.15) is 0 Å². The van der Waals surface area contributed by atoms with Crippen molar-refractivity contribution in [2.24, 2.45) is 5.92 Å². The van der Waals surface area contributed by atoms with E-state index >= 15 is 0 Å². The predicted octanol–water partition coefficient (Wildman–Crippen LogP) is 11.1. The third kappa shape index (κ3) is 31.3. The van der Waals surface area contributed by atoms with Crippen molar-refractivity contribution in [2.45, 2.75) is 181 Å². The normalized spacial score (nSPS) is 11.4. The second-order valence-electron chi connectivity index (χ2n) is 11.3. The first kappa shape index (κ1) is 33.3. The van der Waals surface area contributed by atoms with Crippen molar-refractivity contribution < 1.29 is 9.90 Å². The summed E-state index contributed by atoms with van der Waals surface area (Å²) in [5.41, 5.74) is 0. The second-order valence-corrected chi connectivity index (χ2v) is 11.3. The van der Waals surface area contributed by atoms with E-state index < -0.39 is 6.09 Å². The van der Waals surface area contributed by atoms with E-state index in [0.717, 1.165) is 18.8 Å². The van der Waals surface area contributed by atoms with E-state index in [1.54, 1.807) is 0 Å². The van der Waals surface area contributed by atoms with Crippen molar-refractivity contribution in [3.05, 3.63) is 0 Å². The van der Waals surface area contributed by atoms with Gasteiger partial charge in [-0.25, -0.2) is 4.79 Å². The van der Waals surface area contributed by atoms with Crippen molar-refractivity contribution >= 4 is 6.09 Å². The maximum absolute atomic E-state index is 10.3. The molecule has 34 heavy (non-hydrogen) atoms. The molecule has 0 unspecified atom stereocenters. The van der Waals surface area contributed by atoms with E-state index in [0.29, 0.717) is 6.54 Å². The Kier molecular flexibility index (Phi) is 27.9. The van der Waals surface area contributed by atoms with Crippen LogP contribution >= 0.6 is 0 Å². The van der Waals surface area contributed by atoms with Crippen molar-refractivity contribution in [1.29, 1.82) is 0 Å². The minimum Gasteiger partial charge on any atom is -0.465 e. The summed E-state index contributed by atoms with van der Waals surface area (Å²) < 4.78 is 0. The Morgan fingerprint density at radius 3 is 0.941 bits per heavy atom. The number of carboxylic acid groups (broad SMARTS) is 1. The van der Waals surface area contributed by atoms with Gasteiger partial charge >= 0.3 is 6.09 Å². The van der Waals surface area contributed by atoms with Gasteiger partial charge in [0.05, 0.1) is 0 Å². The van der Waals surface area contributed by atoms with Gasteiger partial charge in [0.15, 0.2) is 0 Å². The van der Waals surface area contributed by atoms with Crippen LogP contribution in [0, 0.1) is 5.92 Å². The van der Waals surface area contributed by atoms with Gasteiger partial charge in [-0.05, 0) is 12.3 Å². The van der Waals surface area contributed by atoms with Crippen LogP contribution in [-0.2, 0) is 0 Å². The van der Waals surface area contributed by atoms with Crippen LogP contribution in [0.3, 0.4) is 0 Å². The number of nitrogens with one attached hydrogen (secondary N) is 1. The first-order valence-electron chi connectivity index (χ1n) is 15.6. The molecular formula is C31H63NO2. The van der Waals surface area contributed by atoms with E-state index in [4.69, 9.17) is 5.11 Å². The van der Waals surface area contributed by atoms with E-state index in [1.807, 2.05) is 0 Å². The zero-order chi connectivity index (χ0) is 25.0. The lowest BCUT2D eigenvalue weighted by Gasteiger charge is -2.05. The molecule has 3 heteroatoms. The largest absolute Gasteiger partial charge is 0.465 e. The predicted molar refractivity (Wildman–Crippen MR) is 151 cm³/mol. The smallest absolute Gasteiger partial charge is 0.404 e. The third-order valence-electron chi connectivity index (χ3n) is 7.23. The molecule has 0 aromatic heterocycles. The van der Waals surface area contributed by atoms with E-state index in [-0.39, 0.29) is 0 Å². The molecule has 0 aromatic rings. The Labute approximate surface area is 214 Å². The molecule has 0 heterocycles. The van der Waals surface area contributed by atoms with Crippen LogP contribution in [0.4, 0.5) is 4.79 Å². The molecule has 204 valence electrons. The van der Waals surface area contributed by atoms with Crippen molar-refractivity contribution in [3.63, 3.8) is 0 Å². The van der Waals surface area contributed by atoms with Crippen LogP contribution in [0.2, 0.25) is 0 Å². The summed E-state index contributed by atoms with van der Waals surface area (Å²) >= 11 is 0. The molecule has 0 radical (unpaired) electrons. The molecule has 0 saturated carbocycles. The average Bonchev–Trinajstić information content (AvgIpc) is 2.80. The summed E-state index contributed by atoms with van der Waals surface area (Å²) in [7, 11) is 0. The molecule has 0 saturated heterocycles. The van der Waals surface area contributed by atoms with Crippen LogP contribution in [0.25, 0.3) is 0 Å². The van der Waals surface area contributed by atoms with Gasteiger partial charge in [0.2, 0.25) is 0 Å². The highest BCUT2D eigenvalue weighted by Gasteiger charge is 1.98. The quantitative estimate of drug-likeness (QED) is 0.109. The first-order chi connectivity index (χ1) is 16.6. The molecule has 0 bridgehead atoms. The summed E-state index contributed by atoms with van der Waals surface area (Å²) in [5.74, 6) is 0.886. The fraction of sp³-hybridized carbons (Fsp3) is 0.968. The van der Waals surface area contributed by atoms with Gasteiger partial charge < -0.3 is 10.4 Å². The average molecular weight is 482 g/mol. The van der Waals surface area contributed by atoms with Crippen molar-refractivity contribution in [2.75, 3.05) is 6.54 Å². The Morgan fingerprint density at radius 1 is 0.471 bits per heavy atom. The zero-order valence-electron chi connectivity index (χ0n) is 23.5. The first-order valence-corrected chi connectivity index (χ1v) is 15.6. The number of rotatable bonds is 28. The fourth-order valence-electron chi connectivity index (χ4n) is 4.94. The van der Waals surface area contributed by atoms with Gasteiger partial charge in [0.25, 0.3) is 0 Å². The topological polar surface area (TPSA) is 49.3 Å². The van der Waals surface area contributed by atoms with Gasteiger partial charge in [-0.1, -0.05) is 174 Å². The molecule has 2 N–H and O–H groups in total. The highest BCUT2D eigenvalue weighted by molar-refractivity contribution is 5.64. The van der Waals surface area contributed by atoms with E-state index in [1.165, 1.54) is 154 Å². The highest BCUT2D eigenvalue weighted by atomic mass is 16.4. The molecule has 1 amide bonds. The highest BCUT2D eigenvalue weighted by Crippen LogP contribution is 2.16. The van der Waals surface area contributed by atoms with E-state index in [9.17, 15) is 4.79 Å². The SMILES string of the molecule is CC(C)CCCCCCCCCCCCCCCCCCCCCCCCCCCNC(=O)O. The maximum Gasteiger partial charge on any atom is 0.404 e. The van der Waals surface area contributed by atoms with Crippen LogP contribution in [0.1, 0.15) is 181 Å². The number of hydrogen-bond acceptors (Lipinski definition) is 1. The number of amides is 1. The Hall–Kier alpha value is -0.730. The van der Waals surface area contributed by atoms with Gasteiger partial charge in [-0.3, -0.25) is 0 Å².